The molecule has 136 valence electrons. The Morgan fingerprint density at radius 2 is 1.88 bits per heavy atom. The zero-order valence-corrected chi connectivity index (χ0v) is 13.8. The summed E-state index contributed by atoms with van der Waals surface area (Å²) in [5.74, 6) is 0. The average molecular weight is 360 g/mol. The summed E-state index contributed by atoms with van der Waals surface area (Å²) in [6.45, 7) is -0.350. The standard InChI is InChI=1S/C15H23O8P/c16-9-12(6-10-4-2-1-3-5-10)22-14-8-11(17)7-13(18)15(14)23-24(19,20)21/h1-5,11-18H,6-9H2,(H2,19,20,21)/p-2/t11-,12+,13-,14-,15-/m1/s1. The number of benzene rings is 1. The molecule has 1 fully saturated rings. The fourth-order valence-electron chi connectivity index (χ4n) is 2.86. The number of aliphatic hydroxyl groups is 3. The maximum atomic E-state index is 10.9. The van der Waals surface area contributed by atoms with Crippen molar-refractivity contribution < 1.29 is 38.9 Å². The lowest BCUT2D eigenvalue weighted by molar-refractivity contribution is -0.351. The number of aliphatic hydroxyl groups excluding tert-OH is 3. The number of rotatable bonds is 7. The third kappa shape index (κ3) is 5.91. The Bertz CT molecular complexity index is 548. The quantitative estimate of drug-likeness (QED) is 0.510. The molecule has 0 amide bonds. The fourth-order valence-corrected chi connectivity index (χ4v) is 3.43. The molecule has 0 radical (unpaired) electrons. The van der Waals surface area contributed by atoms with Crippen LogP contribution in [0.4, 0.5) is 0 Å². The molecule has 0 aliphatic heterocycles. The number of phosphoric acid groups is 1. The van der Waals surface area contributed by atoms with Gasteiger partial charge < -0.3 is 38.9 Å². The minimum absolute atomic E-state index is 0.00693. The molecule has 9 heteroatoms. The second-order valence-corrected chi connectivity index (χ2v) is 6.98. The first-order valence-corrected chi connectivity index (χ1v) is 9.11. The van der Waals surface area contributed by atoms with Crippen LogP contribution in [0.5, 0.6) is 0 Å². The summed E-state index contributed by atoms with van der Waals surface area (Å²) < 4.78 is 21.0. The van der Waals surface area contributed by atoms with Crippen molar-refractivity contribution in [2.45, 2.75) is 49.8 Å². The normalized spacial score (nSPS) is 29.4. The predicted molar refractivity (Wildman–Crippen MR) is 79.6 cm³/mol. The molecular weight excluding hydrogens is 339 g/mol. The highest BCUT2D eigenvalue weighted by atomic mass is 31.2. The Kier molecular flexibility index (Phi) is 6.91. The van der Waals surface area contributed by atoms with Gasteiger partial charge in [0.1, 0.15) is 6.10 Å². The van der Waals surface area contributed by atoms with Crippen molar-refractivity contribution in [2.75, 3.05) is 6.61 Å². The summed E-state index contributed by atoms with van der Waals surface area (Å²) in [5, 5.41) is 29.2. The van der Waals surface area contributed by atoms with E-state index in [0.717, 1.165) is 5.56 Å². The Morgan fingerprint density at radius 1 is 1.21 bits per heavy atom. The molecule has 24 heavy (non-hydrogen) atoms. The van der Waals surface area contributed by atoms with Crippen LogP contribution in [0.3, 0.4) is 0 Å². The first-order chi connectivity index (χ1) is 11.3. The summed E-state index contributed by atoms with van der Waals surface area (Å²) in [4.78, 5) is 21.8. The molecule has 0 spiro atoms. The summed E-state index contributed by atoms with van der Waals surface area (Å²) in [7, 11) is -5.33. The lowest BCUT2D eigenvalue weighted by atomic mass is 9.89. The van der Waals surface area contributed by atoms with E-state index < -0.39 is 38.3 Å². The van der Waals surface area contributed by atoms with Gasteiger partial charge in [0.05, 0.1) is 38.8 Å². The molecule has 5 atom stereocenters. The van der Waals surface area contributed by atoms with E-state index >= 15 is 0 Å². The van der Waals surface area contributed by atoms with Gasteiger partial charge in [0.25, 0.3) is 0 Å². The largest absolute Gasteiger partial charge is 0.790 e. The lowest BCUT2D eigenvalue weighted by Crippen LogP contribution is -2.51. The number of ether oxygens (including phenoxy) is 1. The van der Waals surface area contributed by atoms with Gasteiger partial charge in [-0.3, -0.25) is 0 Å². The summed E-state index contributed by atoms with van der Waals surface area (Å²) in [6, 6.07) is 9.18. The molecule has 0 saturated heterocycles. The summed E-state index contributed by atoms with van der Waals surface area (Å²) in [5.41, 5.74) is 0.893. The zero-order chi connectivity index (χ0) is 17.7. The van der Waals surface area contributed by atoms with Gasteiger partial charge >= 0.3 is 0 Å². The van der Waals surface area contributed by atoms with E-state index in [1.165, 1.54) is 0 Å². The molecule has 0 heterocycles. The minimum atomic E-state index is -5.33. The molecular formula is C15H21O8P-2. The molecule has 1 aliphatic rings. The summed E-state index contributed by atoms with van der Waals surface area (Å²) >= 11 is 0. The van der Waals surface area contributed by atoms with E-state index in [1.807, 2.05) is 30.3 Å². The van der Waals surface area contributed by atoms with Crippen LogP contribution in [0.15, 0.2) is 30.3 Å². The third-order valence-corrected chi connectivity index (χ3v) is 4.39. The topological polar surface area (TPSA) is 142 Å². The van der Waals surface area contributed by atoms with Crippen LogP contribution in [-0.4, -0.2) is 52.4 Å². The van der Waals surface area contributed by atoms with Crippen molar-refractivity contribution in [3.05, 3.63) is 35.9 Å². The minimum Gasteiger partial charge on any atom is -0.790 e. The average Bonchev–Trinajstić information content (AvgIpc) is 2.50. The van der Waals surface area contributed by atoms with Crippen molar-refractivity contribution >= 4 is 7.82 Å². The van der Waals surface area contributed by atoms with E-state index in [-0.39, 0.29) is 19.4 Å². The van der Waals surface area contributed by atoms with Gasteiger partial charge in [-0.1, -0.05) is 30.3 Å². The van der Waals surface area contributed by atoms with E-state index in [1.54, 1.807) is 0 Å². The van der Waals surface area contributed by atoms with E-state index in [2.05, 4.69) is 4.52 Å². The van der Waals surface area contributed by atoms with E-state index in [9.17, 15) is 29.7 Å². The van der Waals surface area contributed by atoms with Crippen LogP contribution in [0, 0.1) is 0 Å². The number of hydrogen-bond donors (Lipinski definition) is 3. The van der Waals surface area contributed by atoms with Crippen LogP contribution in [0.2, 0.25) is 0 Å². The number of hydrogen-bond acceptors (Lipinski definition) is 8. The van der Waals surface area contributed by atoms with Crippen LogP contribution in [0.1, 0.15) is 18.4 Å². The fraction of sp³-hybridized carbons (Fsp3) is 0.600. The molecule has 3 N–H and O–H groups in total. The van der Waals surface area contributed by atoms with Gasteiger partial charge in [0, 0.05) is 19.3 Å². The monoisotopic (exact) mass is 360 g/mol. The summed E-state index contributed by atoms with van der Waals surface area (Å²) in [6.07, 6.45) is -5.18. The molecule has 1 saturated carbocycles. The van der Waals surface area contributed by atoms with Crippen molar-refractivity contribution in [3.63, 3.8) is 0 Å². The Morgan fingerprint density at radius 3 is 2.46 bits per heavy atom. The first kappa shape index (κ1) is 19.5. The van der Waals surface area contributed by atoms with Crippen LogP contribution in [-0.2, 0) is 20.2 Å². The molecule has 0 bridgehead atoms. The van der Waals surface area contributed by atoms with E-state index in [4.69, 9.17) is 4.74 Å². The Labute approximate surface area is 139 Å². The van der Waals surface area contributed by atoms with Gasteiger partial charge in [-0.2, -0.15) is 0 Å². The van der Waals surface area contributed by atoms with Crippen molar-refractivity contribution in [2.24, 2.45) is 0 Å². The number of phosphoric ester groups is 1. The second kappa shape index (κ2) is 8.51. The highest BCUT2D eigenvalue weighted by Gasteiger charge is 2.39. The smallest absolute Gasteiger partial charge is 0.115 e. The highest BCUT2D eigenvalue weighted by Crippen LogP contribution is 2.35. The van der Waals surface area contributed by atoms with Crippen LogP contribution >= 0.6 is 7.82 Å². The molecule has 1 aromatic carbocycles. The molecule has 2 rings (SSSR count). The Hall–Kier alpha value is -0.830. The van der Waals surface area contributed by atoms with Crippen molar-refractivity contribution in [1.29, 1.82) is 0 Å². The van der Waals surface area contributed by atoms with Crippen LogP contribution < -0.4 is 9.79 Å². The predicted octanol–water partition coefficient (Wildman–Crippen LogP) is -1.30. The van der Waals surface area contributed by atoms with Gasteiger partial charge in [-0.15, -0.1) is 0 Å². The maximum Gasteiger partial charge on any atom is 0.115 e. The Balaban J connectivity index is 2.07. The molecule has 0 aromatic heterocycles. The lowest BCUT2D eigenvalue weighted by Gasteiger charge is -2.43. The third-order valence-electron chi connectivity index (χ3n) is 3.89. The van der Waals surface area contributed by atoms with Gasteiger partial charge in [0.2, 0.25) is 0 Å². The molecule has 1 aliphatic carbocycles. The molecule has 8 nitrogen and oxygen atoms in total. The van der Waals surface area contributed by atoms with Crippen molar-refractivity contribution in [1.82, 2.24) is 0 Å². The van der Waals surface area contributed by atoms with Gasteiger partial charge in [-0.25, -0.2) is 0 Å². The van der Waals surface area contributed by atoms with Gasteiger partial charge in [-0.05, 0) is 5.56 Å². The highest BCUT2D eigenvalue weighted by molar-refractivity contribution is 7.43. The maximum absolute atomic E-state index is 10.9. The van der Waals surface area contributed by atoms with E-state index in [0.29, 0.717) is 6.42 Å². The molecule has 0 unspecified atom stereocenters. The van der Waals surface area contributed by atoms with Gasteiger partial charge in [0.15, 0.2) is 0 Å². The van der Waals surface area contributed by atoms with Crippen LogP contribution in [0.25, 0.3) is 0 Å². The van der Waals surface area contributed by atoms with Crippen molar-refractivity contribution in [3.8, 4) is 0 Å². The first-order valence-electron chi connectivity index (χ1n) is 7.65. The second-order valence-electron chi connectivity index (χ2n) is 5.88. The SMILES string of the molecule is O=P([O-])([O-])O[C@@H]1[C@H](O)C[C@@H](O)C[C@H]1O[C@H](CO)Cc1ccccc1. The zero-order valence-electron chi connectivity index (χ0n) is 12.9. The molecule has 1 aromatic rings.